The van der Waals surface area contributed by atoms with E-state index < -0.39 is 11.7 Å². The Morgan fingerprint density at radius 1 is 1.10 bits per heavy atom. The zero-order chi connectivity index (χ0) is 14.8. The minimum Gasteiger partial charge on any atom is -0.307 e. The lowest BCUT2D eigenvalue weighted by Gasteiger charge is -2.32. The van der Waals surface area contributed by atoms with E-state index in [4.69, 9.17) is 0 Å². The number of hydrogen-bond donors (Lipinski definition) is 1. The number of benzene rings is 1. The maximum Gasteiger partial charge on any atom is 0.416 e. The van der Waals surface area contributed by atoms with Crippen molar-refractivity contribution in [3.8, 4) is 0 Å². The Bertz CT molecular complexity index is 424. The van der Waals surface area contributed by atoms with Crippen LogP contribution in [0.1, 0.15) is 56.7 Å². The summed E-state index contributed by atoms with van der Waals surface area (Å²) < 4.78 is 37.6. The zero-order valence-electron chi connectivity index (χ0n) is 12.0. The summed E-state index contributed by atoms with van der Waals surface area (Å²) in [5.74, 6) is 0.639. The average Bonchev–Trinajstić information content (AvgIpc) is 2.40. The first kappa shape index (κ1) is 15.4. The van der Waals surface area contributed by atoms with Crippen LogP contribution in [0.25, 0.3) is 0 Å². The third kappa shape index (κ3) is 3.75. The molecule has 4 heteroatoms. The first-order valence-corrected chi connectivity index (χ1v) is 7.31. The van der Waals surface area contributed by atoms with E-state index in [1.807, 2.05) is 6.92 Å². The molecule has 1 fully saturated rings. The molecule has 1 N–H and O–H groups in total. The molecule has 0 aliphatic heterocycles. The lowest BCUT2D eigenvalue weighted by Crippen LogP contribution is -2.38. The van der Waals surface area contributed by atoms with E-state index >= 15 is 0 Å². The van der Waals surface area contributed by atoms with Crippen LogP contribution in [0.5, 0.6) is 0 Å². The number of alkyl halides is 3. The number of rotatable bonds is 3. The van der Waals surface area contributed by atoms with E-state index in [1.165, 1.54) is 19.3 Å². The van der Waals surface area contributed by atoms with Crippen molar-refractivity contribution in [2.24, 2.45) is 5.92 Å². The Hall–Kier alpha value is -1.03. The standard InChI is InChI=1S/C16H22F3N/c1-11-5-3-4-6-15(11)20-12(2)13-7-9-14(10-8-13)16(17,18)19/h7-12,15,20H,3-6H2,1-2H3. The van der Waals surface area contributed by atoms with Crippen molar-refractivity contribution in [3.05, 3.63) is 35.4 Å². The minimum atomic E-state index is -4.26. The quantitative estimate of drug-likeness (QED) is 0.830. The van der Waals surface area contributed by atoms with Crippen molar-refractivity contribution in [1.29, 1.82) is 0 Å². The molecule has 3 atom stereocenters. The summed E-state index contributed by atoms with van der Waals surface area (Å²) >= 11 is 0. The van der Waals surface area contributed by atoms with E-state index in [9.17, 15) is 13.2 Å². The first-order valence-electron chi connectivity index (χ1n) is 7.31. The van der Waals surface area contributed by atoms with Crippen LogP contribution in [0.4, 0.5) is 13.2 Å². The van der Waals surface area contributed by atoms with Gasteiger partial charge in [0.1, 0.15) is 0 Å². The van der Waals surface area contributed by atoms with Crippen molar-refractivity contribution in [2.75, 3.05) is 0 Å². The third-order valence-electron chi connectivity index (χ3n) is 4.31. The second-order valence-electron chi connectivity index (χ2n) is 5.88. The highest BCUT2D eigenvalue weighted by Gasteiger charge is 2.30. The van der Waals surface area contributed by atoms with E-state index in [0.29, 0.717) is 12.0 Å². The van der Waals surface area contributed by atoms with Crippen LogP contribution in [-0.4, -0.2) is 6.04 Å². The number of hydrogen-bond acceptors (Lipinski definition) is 1. The summed E-state index contributed by atoms with van der Waals surface area (Å²) in [5.41, 5.74) is 0.329. The van der Waals surface area contributed by atoms with Gasteiger partial charge in [0.25, 0.3) is 0 Å². The van der Waals surface area contributed by atoms with E-state index in [2.05, 4.69) is 12.2 Å². The molecular formula is C16H22F3N. The summed E-state index contributed by atoms with van der Waals surface area (Å²) in [4.78, 5) is 0. The summed E-state index contributed by atoms with van der Waals surface area (Å²) in [6.45, 7) is 4.26. The van der Waals surface area contributed by atoms with E-state index in [0.717, 1.165) is 24.1 Å². The summed E-state index contributed by atoms with van der Waals surface area (Å²) in [7, 11) is 0. The smallest absolute Gasteiger partial charge is 0.307 e. The summed E-state index contributed by atoms with van der Waals surface area (Å²) in [6, 6.07) is 6.04. The molecule has 1 aromatic rings. The van der Waals surface area contributed by atoms with E-state index in [-0.39, 0.29) is 6.04 Å². The van der Waals surface area contributed by atoms with Crippen LogP contribution in [0.15, 0.2) is 24.3 Å². The van der Waals surface area contributed by atoms with Crippen LogP contribution in [0, 0.1) is 5.92 Å². The Morgan fingerprint density at radius 3 is 2.25 bits per heavy atom. The fraction of sp³-hybridized carbons (Fsp3) is 0.625. The van der Waals surface area contributed by atoms with Crippen molar-refractivity contribution in [1.82, 2.24) is 5.32 Å². The van der Waals surface area contributed by atoms with Crippen LogP contribution in [0.3, 0.4) is 0 Å². The monoisotopic (exact) mass is 285 g/mol. The Morgan fingerprint density at radius 2 is 1.70 bits per heavy atom. The predicted octanol–water partition coefficient (Wildman–Crippen LogP) is 4.93. The third-order valence-corrected chi connectivity index (χ3v) is 4.31. The molecule has 3 unspecified atom stereocenters. The normalized spacial score (nSPS) is 25.4. The second-order valence-corrected chi connectivity index (χ2v) is 5.88. The van der Waals surface area contributed by atoms with Gasteiger partial charge in [-0.15, -0.1) is 0 Å². The SMILES string of the molecule is CC(NC1CCCCC1C)c1ccc(C(F)(F)F)cc1. The lowest BCUT2D eigenvalue weighted by atomic mass is 9.85. The summed E-state index contributed by atoms with van der Waals surface area (Å²) in [5, 5.41) is 3.56. The predicted molar refractivity (Wildman–Crippen MR) is 74.4 cm³/mol. The van der Waals surface area contributed by atoms with Crippen LogP contribution in [-0.2, 0) is 6.18 Å². The Labute approximate surface area is 118 Å². The molecule has 1 saturated carbocycles. The minimum absolute atomic E-state index is 0.0860. The number of nitrogens with one attached hydrogen (secondary N) is 1. The second kappa shape index (κ2) is 6.17. The topological polar surface area (TPSA) is 12.0 Å². The Kier molecular flexibility index (Phi) is 4.74. The van der Waals surface area contributed by atoms with Gasteiger partial charge in [-0.05, 0) is 43.4 Å². The van der Waals surface area contributed by atoms with Crippen LogP contribution >= 0.6 is 0 Å². The van der Waals surface area contributed by atoms with Crippen molar-refractivity contribution >= 4 is 0 Å². The molecule has 1 aromatic carbocycles. The van der Waals surface area contributed by atoms with Gasteiger partial charge in [-0.25, -0.2) is 0 Å². The highest BCUT2D eigenvalue weighted by molar-refractivity contribution is 5.26. The van der Waals surface area contributed by atoms with Gasteiger partial charge in [-0.1, -0.05) is 31.9 Å². The molecule has 112 valence electrons. The molecule has 0 radical (unpaired) electrons. The highest BCUT2D eigenvalue weighted by atomic mass is 19.4. The van der Waals surface area contributed by atoms with Gasteiger partial charge in [0.15, 0.2) is 0 Å². The van der Waals surface area contributed by atoms with Gasteiger partial charge in [0.05, 0.1) is 5.56 Å². The first-order chi connectivity index (χ1) is 9.38. The zero-order valence-corrected chi connectivity index (χ0v) is 12.0. The van der Waals surface area contributed by atoms with Gasteiger partial charge >= 0.3 is 6.18 Å². The van der Waals surface area contributed by atoms with Crippen LogP contribution in [0.2, 0.25) is 0 Å². The molecule has 1 aliphatic carbocycles. The molecule has 1 nitrogen and oxygen atoms in total. The molecule has 2 rings (SSSR count). The molecule has 1 aliphatic rings. The van der Waals surface area contributed by atoms with Gasteiger partial charge in [-0.2, -0.15) is 13.2 Å². The van der Waals surface area contributed by atoms with Crippen molar-refractivity contribution < 1.29 is 13.2 Å². The molecular weight excluding hydrogens is 263 g/mol. The molecule has 0 spiro atoms. The highest BCUT2D eigenvalue weighted by Crippen LogP contribution is 2.30. The van der Waals surface area contributed by atoms with Gasteiger partial charge in [0.2, 0.25) is 0 Å². The largest absolute Gasteiger partial charge is 0.416 e. The van der Waals surface area contributed by atoms with E-state index in [1.54, 1.807) is 12.1 Å². The molecule has 0 bridgehead atoms. The van der Waals surface area contributed by atoms with Gasteiger partial charge in [0, 0.05) is 12.1 Å². The van der Waals surface area contributed by atoms with Gasteiger partial charge < -0.3 is 5.32 Å². The fourth-order valence-electron chi connectivity index (χ4n) is 2.94. The van der Waals surface area contributed by atoms with Crippen molar-refractivity contribution in [3.63, 3.8) is 0 Å². The molecule has 0 aromatic heterocycles. The molecule has 0 saturated heterocycles. The summed E-state index contributed by atoms with van der Waals surface area (Å²) in [6.07, 6.45) is 0.659. The maximum atomic E-state index is 12.5. The fourth-order valence-corrected chi connectivity index (χ4v) is 2.94. The Balaban J connectivity index is 2.00. The lowest BCUT2D eigenvalue weighted by molar-refractivity contribution is -0.137. The average molecular weight is 285 g/mol. The molecule has 20 heavy (non-hydrogen) atoms. The van der Waals surface area contributed by atoms with Crippen LogP contribution < -0.4 is 5.32 Å². The molecule has 0 heterocycles. The van der Waals surface area contributed by atoms with Crippen molar-refractivity contribution in [2.45, 2.75) is 57.8 Å². The maximum absolute atomic E-state index is 12.5. The molecule has 0 amide bonds. The number of halogens is 3. The van der Waals surface area contributed by atoms with Gasteiger partial charge in [-0.3, -0.25) is 0 Å².